The SMILES string of the molecule is Cc1ccc(Cl)c(NC(=O)[C@H]2CCCCN2)c1Cl. The first kappa shape index (κ1) is 13.7. The molecule has 0 radical (unpaired) electrons. The van der Waals surface area contributed by atoms with Crippen LogP contribution in [0, 0.1) is 6.92 Å². The van der Waals surface area contributed by atoms with Crippen molar-refractivity contribution in [2.45, 2.75) is 32.2 Å². The second-order valence-corrected chi connectivity index (χ2v) is 5.33. The highest BCUT2D eigenvalue weighted by atomic mass is 35.5. The minimum absolute atomic E-state index is 0.0656. The third-order valence-electron chi connectivity index (χ3n) is 3.16. The van der Waals surface area contributed by atoms with Crippen LogP contribution in [0.25, 0.3) is 0 Å². The van der Waals surface area contributed by atoms with Gasteiger partial charge in [-0.3, -0.25) is 4.79 Å². The molecule has 1 atom stereocenters. The quantitative estimate of drug-likeness (QED) is 0.875. The lowest BCUT2D eigenvalue weighted by Crippen LogP contribution is -2.43. The maximum absolute atomic E-state index is 12.1. The third kappa shape index (κ3) is 2.97. The molecule has 1 amide bonds. The highest BCUT2D eigenvalue weighted by Crippen LogP contribution is 2.33. The number of halogens is 2. The Labute approximate surface area is 117 Å². The standard InChI is InChI=1S/C13H16Cl2N2O/c1-8-5-6-9(14)12(11(8)15)17-13(18)10-4-2-3-7-16-10/h5-6,10,16H,2-4,7H2,1H3,(H,17,18)/t10-/m1/s1. The van der Waals surface area contributed by atoms with E-state index in [0.29, 0.717) is 15.7 Å². The summed E-state index contributed by atoms with van der Waals surface area (Å²) in [5, 5.41) is 6.99. The van der Waals surface area contributed by atoms with E-state index in [-0.39, 0.29) is 11.9 Å². The number of carbonyl (C=O) groups excluding carboxylic acids is 1. The van der Waals surface area contributed by atoms with Gasteiger partial charge in [0.25, 0.3) is 0 Å². The zero-order valence-electron chi connectivity index (χ0n) is 10.2. The first-order valence-electron chi connectivity index (χ1n) is 6.08. The second kappa shape index (κ2) is 5.91. The molecule has 1 aliphatic rings. The number of amides is 1. The summed E-state index contributed by atoms with van der Waals surface area (Å²) < 4.78 is 0. The van der Waals surface area contributed by atoms with Crippen LogP contribution in [0.15, 0.2) is 12.1 Å². The summed E-state index contributed by atoms with van der Waals surface area (Å²) in [7, 11) is 0. The van der Waals surface area contributed by atoms with Crippen molar-refractivity contribution in [3.05, 3.63) is 27.7 Å². The lowest BCUT2D eigenvalue weighted by atomic mass is 10.0. The van der Waals surface area contributed by atoms with Crippen LogP contribution in [0.4, 0.5) is 5.69 Å². The predicted molar refractivity (Wildman–Crippen MR) is 75.5 cm³/mol. The number of hydrogen-bond donors (Lipinski definition) is 2. The van der Waals surface area contributed by atoms with Crippen molar-refractivity contribution in [2.75, 3.05) is 11.9 Å². The van der Waals surface area contributed by atoms with Crippen LogP contribution in [-0.2, 0) is 4.79 Å². The zero-order valence-corrected chi connectivity index (χ0v) is 11.7. The molecule has 5 heteroatoms. The van der Waals surface area contributed by atoms with Crippen molar-refractivity contribution in [3.8, 4) is 0 Å². The zero-order chi connectivity index (χ0) is 13.1. The molecular formula is C13H16Cl2N2O. The van der Waals surface area contributed by atoms with E-state index in [2.05, 4.69) is 10.6 Å². The van der Waals surface area contributed by atoms with Gasteiger partial charge >= 0.3 is 0 Å². The van der Waals surface area contributed by atoms with E-state index in [9.17, 15) is 4.79 Å². The van der Waals surface area contributed by atoms with Gasteiger partial charge in [-0.05, 0) is 37.9 Å². The van der Waals surface area contributed by atoms with Crippen LogP contribution in [0.2, 0.25) is 10.0 Å². The fourth-order valence-corrected chi connectivity index (χ4v) is 2.52. The Hall–Kier alpha value is -0.770. The average molecular weight is 287 g/mol. The summed E-state index contributed by atoms with van der Waals surface area (Å²) in [4.78, 5) is 12.1. The van der Waals surface area contributed by atoms with Gasteiger partial charge in [-0.25, -0.2) is 0 Å². The molecule has 1 fully saturated rings. The molecule has 1 aliphatic heterocycles. The highest BCUT2D eigenvalue weighted by Gasteiger charge is 2.22. The summed E-state index contributed by atoms with van der Waals surface area (Å²) in [6.07, 6.45) is 3.04. The minimum Gasteiger partial charge on any atom is -0.322 e. The number of anilines is 1. The molecule has 1 heterocycles. The monoisotopic (exact) mass is 286 g/mol. The third-order valence-corrected chi connectivity index (χ3v) is 3.96. The Bertz CT molecular complexity index is 457. The molecule has 0 saturated carbocycles. The Morgan fingerprint density at radius 1 is 1.39 bits per heavy atom. The van der Waals surface area contributed by atoms with Gasteiger partial charge in [0.1, 0.15) is 0 Å². The molecule has 98 valence electrons. The molecule has 0 aliphatic carbocycles. The van der Waals surface area contributed by atoms with Gasteiger partial charge in [0, 0.05) is 0 Å². The van der Waals surface area contributed by atoms with E-state index in [1.54, 1.807) is 6.07 Å². The lowest BCUT2D eigenvalue weighted by Gasteiger charge is -2.23. The van der Waals surface area contributed by atoms with Gasteiger partial charge in [0.05, 0.1) is 21.8 Å². The van der Waals surface area contributed by atoms with E-state index in [4.69, 9.17) is 23.2 Å². The summed E-state index contributed by atoms with van der Waals surface area (Å²) >= 11 is 12.2. The van der Waals surface area contributed by atoms with Crippen LogP contribution in [0.1, 0.15) is 24.8 Å². The molecular weight excluding hydrogens is 271 g/mol. The summed E-state index contributed by atoms with van der Waals surface area (Å²) in [6, 6.07) is 3.43. The summed E-state index contributed by atoms with van der Waals surface area (Å²) in [5.41, 5.74) is 1.41. The van der Waals surface area contributed by atoms with Crippen molar-refractivity contribution in [1.29, 1.82) is 0 Å². The molecule has 1 aromatic carbocycles. The van der Waals surface area contributed by atoms with E-state index >= 15 is 0 Å². The molecule has 1 aromatic rings. The van der Waals surface area contributed by atoms with Gasteiger partial charge in [0.15, 0.2) is 0 Å². The van der Waals surface area contributed by atoms with Crippen LogP contribution >= 0.6 is 23.2 Å². The molecule has 2 rings (SSSR count). The number of carbonyl (C=O) groups is 1. The van der Waals surface area contributed by atoms with Crippen LogP contribution in [0.3, 0.4) is 0 Å². The number of rotatable bonds is 2. The predicted octanol–water partition coefficient (Wildman–Crippen LogP) is 3.38. The van der Waals surface area contributed by atoms with Gasteiger partial charge in [-0.1, -0.05) is 35.7 Å². The Kier molecular flexibility index (Phi) is 4.49. The fourth-order valence-electron chi connectivity index (χ4n) is 2.06. The maximum atomic E-state index is 12.1. The topological polar surface area (TPSA) is 41.1 Å². The number of aryl methyl sites for hydroxylation is 1. The maximum Gasteiger partial charge on any atom is 0.241 e. The first-order chi connectivity index (χ1) is 8.59. The molecule has 18 heavy (non-hydrogen) atoms. The van der Waals surface area contributed by atoms with Gasteiger partial charge in [-0.15, -0.1) is 0 Å². The normalized spacial score (nSPS) is 19.6. The average Bonchev–Trinajstić information content (AvgIpc) is 2.40. The van der Waals surface area contributed by atoms with Crippen LogP contribution in [-0.4, -0.2) is 18.5 Å². The van der Waals surface area contributed by atoms with Crippen LogP contribution in [0.5, 0.6) is 0 Å². The van der Waals surface area contributed by atoms with E-state index in [1.165, 1.54) is 0 Å². The van der Waals surface area contributed by atoms with Crippen molar-refractivity contribution in [3.63, 3.8) is 0 Å². The molecule has 0 unspecified atom stereocenters. The Morgan fingerprint density at radius 2 is 2.17 bits per heavy atom. The molecule has 3 nitrogen and oxygen atoms in total. The van der Waals surface area contributed by atoms with Gasteiger partial charge < -0.3 is 10.6 Å². The second-order valence-electron chi connectivity index (χ2n) is 4.55. The molecule has 0 aromatic heterocycles. The Morgan fingerprint density at radius 3 is 2.83 bits per heavy atom. The largest absolute Gasteiger partial charge is 0.322 e. The smallest absolute Gasteiger partial charge is 0.241 e. The molecule has 0 spiro atoms. The molecule has 1 saturated heterocycles. The van der Waals surface area contributed by atoms with Crippen molar-refractivity contribution >= 4 is 34.8 Å². The van der Waals surface area contributed by atoms with E-state index < -0.39 is 0 Å². The minimum atomic E-state index is -0.147. The number of hydrogen-bond acceptors (Lipinski definition) is 2. The van der Waals surface area contributed by atoms with Crippen molar-refractivity contribution < 1.29 is 4.79 Å². The molecule has 2 N–H and O–H groups in total. The molecule has 0 bridgehead atoms. The van der Waals surface area contributed by atoms with E-state index in [1.807, 2.05) is 13.0 Å². The van der Waals surface area contributed by atoms with Gasteiger partial charge in [0.2, 0.25) is 5.91 Å². The van der Waals surface area contributed by atoms with Crippen molar-refractivity contribution in [2.24, 2.45) is 0 Å². The van der Waals surface area contributed by atoms with Gasteiger partial charge in [-0.2, -0.15) is 0 Å². The number of piperidine rings is 1. The van der Waals surface area contributed by atoms with E-state index in [0.717, 1.165) is 31.4 Å². The summed E-state index contributed by atoms with van der Waals surface area (Å²) in [6.45, 7) is 2.76. The fraction of sp³-hybridized carbons (Fsp3) is 0.462. The highest BCUT2D eigenvalue weighted by molar-refractivity contribution is 6.40. The summed E-state index contributed by atoms with van der Waals surface area (Å²) in [5.74, 6) is -0.0656. The number of benzene rings is 1. The number of nitrogens with one attached hydrogen (secondary N) is 2. The first-order valence-corrected chi connectivity index (χ1v) is 6.84. The van der Waals surface area contributed by atoms with Crippen molar-refractivity contribution in [1.82, 2.24) is 5.32 Å². The van der Waals surface area contributed by atoms with Crippen LogP contribution < -0.4 is 10.6 Å². The lowest BCUT2D eigenvalue weighted by molar-refractivity contribution is -0.118. The Balaban J connectivity index is 2.13.